The molecule has 106 valence electrons. The summed E-state index contributed by atoms with van der Waals surface area (Å²) in [6.07, 6.45) is 7.04. The Labute approximate surface area is 112 Å². The first-order valence-electron chi connectivity index (χ1n) is 7.76. The maximum Gasteiger partial charge on any atom is 0.0674 e. The van der Waals surface area contributed by atoms with Crippen LogP contribution in [0.2, 0.25) is 0 Å². The second-order valence-electron chi connectivity index (χ2n) is 6.35. The fraction of sp³-hybridized carbons (Fsp3) is 1.00. The molecule has 2 unspecified atom stereocenters. The minimum absolute atomic E-state index is 0.365. The third-order valence-electron chi connectivity index (χ3n) is 4.80. The lowest BCUT2D eigenvalue weighted by atomic mass is 9.78. The molecule has 2 fully saturated rings. The summed E-state index contributed by atoms with van der Waals surface area (Å²) < 4.78 is 5.75. The van der Waals surface area contributed by atoms with Gasteiger partial charge in [0.25, 0.3) is 0 Å². The smallest absolute Gasteiger partial charge is 0.0674 e. The van der Waals surface area contributed by atoms with E-state index >= 15 is 0 Å². The summed E-state index contributed by atoms with van der Waals surface area (Å²) in [6, 6.07) is 0.585. The van der Waals surface area contributed by atoms with Crippen LogP contribution in [-0.4, -0.2) is 43.3 Å². The number of rotatable bonds is 3. The minimum atomic E-state index is 0.365. The molecule has 2 aliphatic rings. The number of ether oxygens (including phenoxy) is 1. The van der Waals surface area contributed by atoms with Gasteiger partial charge in [0.15, 0.2) is 0 Å². The van der Waals surface area contributed by atoms with E-state index in [-0.39, 0.29) is 0 Å². The summed E-state index contributed by atoms with van der Waals surface area (Å²) >= 11 is 0. The van der Waals surface area contributed by atoms with Gasteiger partial charge in [0.05, 0.1) is 6.10 Å². The van der Waals surface area contributed by atoms with Crippen molar-refractivity contribution in [1.82, 2.24) is 4.90 Å². The molecular weight excluding hydrogens is 224 g/mol. The average Bonchev–Trinajstić information content (AvgIpc) is 2.57. The van der Waals surface area contributed by atoms with Crippen LogP contribution in [0.3, 0.4) is 0 Å². The van der Waals surface area contributed by atoms with Gasteiger partial charge in [0.2, 0.25) is 0 Å². The Morgan fingerprint density at radius 3 is 2.61 bits per heavy atom. The van der Waals surface area contributed by atoms with Crippen LogP contribution in [0.1, 0.15) is 46.0 Å². The zero-order valence-electron chi connectivity index (χ0n) is 12.1. The van der Waals surface area contributed by atoms with Gasteiger partial charge in [-0.25, -0.2) is 0 Å². The summed E-state index contributed by atoms with van der Waals surface area (Å²) in [4.78, 5) is 2.61. The maximum absolute atomic E-state index is 6.08. The van der Waals surface area contributed by atoms with E-state index in [2.05, 4.69) is 18.7 Å². The zero-order chi connectivity index (χ0) is 13.0. The third-order valence-corrected chi connectivity index (χ3v) is 4.80. The van der Waals surface area contributed by atoms with E-state index in [9.17, 15) is 0 Å². The first kappa shape index (κ1) is 14.3. The normalized spacial score (nSPS) is 37.2. The Hall–Kier alpha value is -0.120. The van der Waals surface area contributed by atoms with E-state index in [0.717, 1.165) is 44.5 Å². The number of hydrogen-bond donors (Lipinski definition) is 1. The van der Waals surface area contributed by atoms with Gasteiger partial charge in [-0.05, 0) is 38.0 Å². The molecule has 0 aromatic rings. The molecule has 0 bridgehead atoms. The zero-order valence-corrected chi connectivity index (χ0v) is 12.1. The largest absolute Gasteiger partial charge is 0.377 e. The van der Waals surface area contributed by atoms with E-state index < -0.39 is 0 Å². The van der Waals surface area contributed by atoms with E-state index in [4.69, 9.17) is 10.5 Å². The molecule has 1 saturated heterocycles. The number of hydrogen-bond acceptors (Lipinski definition) is 3. The van der Waals surface area contributed by atoms with Crippen molar-refractivity contribution in [3.05, 3.63) is 0 Å². The lowest BCUT2D eigenvalue weighted by Crippen LogP contribution is -2.48. The second kappa shape index (κ2) is 6.88. The van der Waals surface area contributed by atoms with Gasteiger partial charge in [0.1, 0.15) is 0 Å². The molecule has 0 radical (unpaired) electrons. The van der Waals surface area contributed by atoms with Crippen LogP contribution in [0, 0.1) is 11.8 Å². The monoisotopic (exact) mass is 254 g/mol. The fourth-order valence-electron chi connectivity index (χ4n) is 3.64. The summed E-state index contributed by atoms with van der Waals surface area (Å²) in [7, 11) is 0. The highest BCUT2D eigenvalue weighted by molar-refractivity contribution is 4.85. The van der Waals surface area contributed by atoms with Crippen LogP contribution in [0.4, 0.5) is 0 Å². The van der Waals surface area contributed by atoms with Gasteiger partial charge < -0.3 is 10.5 Å². The first-order valence-corrected chi connectivity index (χ1v) is 7.76. The molecule has 0 aromatic carbocycles. The highest BCUT2D eigenvalue weighted by atomic mass is 16.5. The van der Waals surface area contributed by atoms with E-state index in [1.54, 1.807) is 0 Å². The average molecular weight is 254 g/mol. The highest BCUT2D eigenvalue weighted by Crippen LogP contribution is 2.32. The molecule has 18 heavy (non-hydrogen) atoms. The molecule has 1 aliphatic carbocycles. The second-order valence-corrected chi connectivity index (χ2v) is 6.35. The Morgan fingerprint density at radius 1 is 1.22 bits per heavy atom. The van der Waals surface area contributed by atoms with Crippen LogP contribution < -0.4 is 5.73 Å². The third kappa shape index (κ3) is 3.69. The molecule has 1 aliphatic heterocycles. The van der Waals surface area contributed by atoms with Crippen LogP contribution in [-0.2, 0) is 4.74 Å². The number of nitrogens with zero attached hydrogens (tertiary/aromatic N) is 1. The van der Waals surface area contributed by atoms with E-state index in [1.807, 2.05) is 0 Å². The lowest BCUT2D eigenvalue weighted by Gasteiger charge is -2.39. The van der Waals surface area contributed by atoms with Gasteiger partial charge in [0, 0.05) is 32.3 Å². The molecule has 2 rings (SSSR count). The molecule has 2 N–H and O–H groups in total. The summed E-state index contributed by atoms with van der Waals surface area (Å²) in [5.41, 5.74) is 6.08. The van der Waals surface area contributed by atoms with Crippen molar-refractivity contribution >= 4 is 0 Å². The van der Waals surface area contributed by atoms with Crippen molar-refractivity contribution in [3.63, 3.8) is 0 Å². The number of nitrogens with two attached hydrogens (primary N) is 1. The summed E-state index contributed by atoms with van der Waals surface area (Å²) in [5.74, 6) is 1.74. The molecule has 0 amide bonds. The van der Waals surface area contributed by atoms with Crippen molar-refractivity contribution in [2.45, 2.75) is 58.1 Å². The van der Waals surface area contributed by atoms with E-state index in [1.165, 1.54) is 25.7 Å². The molecule has 1 saturated carbocycles. The Kier molecular flexibility index (Phi) is 5.46. The quantitative estimate of drug-likeness (QED) is 0.839. The minimum Gasteiger partial charge on any atom is -0.377 e. The van der Waals surface area contributed by atoms with Crippen LogP contribution in [0.25, 0.3) is 0 Å². The molecule has 2 atom stereocenters. The lowest BCUT2D eigenvalue weighted by molar-refractivity contribution is 0.0488. The van der Waals surface area contributed by atoms with Crippen molar-refractivity contribution in [3.8, 4) is 0 Å². The van der Waals surface area contributed by atoms with Crippen molar-refractivity contribution in [2.75, 3.05) is 26.2 Å². The van der Waals surface area contributed by atoms with Crippen molar-refractivity contribution in [1.29, 1.82) is 0 Å². The molecular formula is C15H30N2O. The van der Waals surface area contributed by atoms with Gasteiger partial charge in [-0.3, -0.25) is 4.90 Å². The van der Waals surface area contributed by atoms with Crippen molar-refractivity contribution in [2.24, 2.45) is 17.6 Å². The van der Waals surface area contributed by atoms with Crippen LogP contribution in [0.15, 0.2) is 0 Å². The van der Waals surface area contributed by atoms with Gasteiger partial charge in [-0.2, -0.15) is 0 Å². The first-order chi connectivity index (χ1) is 8.70. The summed E-state index contributed by atoms with van der Waals surface area (Å²) in [5, 5.41) is 0. The molecule has 3 nitrogen and oxygen atoms in total. The Morgan fingerprint density at radius 2 is 1.94 bits per heavy atom. The maximum atomic E-state index is 6.08. The molecule has 0 aromatic heterocycles. The predicted molar refractivity (Wildman–Crippen MR) is 75.6 cm³/mol. The van der Waals surface area contributed by atoms with Gasteiger partial charge in [-0.1, -0.05) is 19.8 Å². The Bertz CT molecular complexity index is 239. The van der Waals surface area contributed by atoms with Crippen LogP contribution >= 0.6 is 0 Å². The topological polar surface area (TPSA) is 38.5 Å². The predicted octanol–water partition coefficient (Wildman–Crippen LogP) is 2.25. The van der Waals surface area contributed by atoms with Crippen LogP contribution in [0.5, 0.6) is 0 Å². The van der Waals surface area contributed by atoms with Gasteiger partial charge >= 0.3 is 0 Å². The SMILES string of the molecule is CC1CCC(C(CN)N2CCCOC(C)C2)CC1. The molecule has 3 heteroatoms. The Balaban J connectivity index is 1.94. The standard InChI is InChI=1S/C15H30N2O/c1-12-4-6-14(7-5-12)15(10-16)17-8-3-9-18-13(2)11-17/h12-15H,3-11,16H2,1-2H3. The van der Waals surface area contributed by atoms with E-state index in [0.29, 0.717) is 12.1 Å². The highest BCUT2D eigenvalue weighted by Gasteiger charge is 2.30. The summed E-state index contributed by atoms with van der Waals surface area (Å²) in [6.45, 7) is 8.53. The fourth-order valence-corrected chi connectivity index (χ4v) is 3.64. The van der Waals surface area contributed by atoms with Crippen molar-refractivity contribution < 1.29 is 4.74 Å². The van der Waals surface area contributed by atoms with Gasteiger partial charge in [-0.15, -0.1) is 0 Å². The molecule has 0 spiro atoms. The molecule has 1 heterocycles.